The highest BCUT2D eigenvalue weighted by Crippen LogP contribution is 2.23. The van der Waals surface area contributed by atoms with E-state index in [2.05, 4.69) is 4.98 Å². The zero-order valence-corrected chi connectivity index (χ0v) is 7.31. The molecule has 1 aromatic heterocycles. The molecule has 0 aliphatic rings. The van der Waals surface area contributed by atoms with Gasteiger partial charge in [0.15, 0.2) is 0 Å². The first-order chi connectivity index (χ1) is 6.77. The van der Waals surface area contributed by atoms with Gasteiger partial charge in [0, 0.05) is 17.8 Å². The maximum Gasteiger partial charge on any atom is 0.136 e. The molecule has 0 unspecified atom stereocenters. The number of halogens is 1. The van der Waals surface area contributed by atoms with Crippen LogP contribution in [-0.4, -0.2) is 10.1 Å². The van der Waals surface area contributed by atoms with Gasteiger partial charge < -0.3 is 5.11 Å². The van der Waals surface area contributed by atoms with E-state index in [1.54, 1.807) is 24.4 Å². The van der Waals surface area contributed by atoms with E-state index in [4.69, 9.17) is 5.11 Å². The Hall–Kier alpha value is -1.90. The van der Waals surface area contributed by atoms with Gasteiger partial charge in [-0.05, 0) is 24.3 Å². The van der Waals surface area contributed by atoms with Gasteiger partial charge in [-0.2, -0.15) is 0 Å². The van der Waals surface area contributed by atoms with Crippen LogP contribution in [0.25, 0.3) is 11.3 Å². The number of pyridine rings is 1. The molecule has 2 rings (SSSR count). The summed E-state index contributed by atoms with van der Waals surface area (Å²) in [7, 11) is 0. The maximum absolute atomic E-state index is 13.3. The Balaban J connectivity index is 2.53. The molecule has 0 spiro atoms. The molecule has 1 heterocycles. The standard InChI is InChI=1S/C11H8FNO/c12-10-7-8(14)4-5-9(10)11-3-1-2-6-13-11/h1-7,14H. The summed E-state index contributed by atoms with van der Waals surface area (Å²) in [6.07, 6.45) is 1.60. The van der Waals surface area contributed by atoms with Crippen molar-refractivity contribution in [1.82, 2.24) is 4.98 Å². The number of hydrogen-bond donors (Lipinski definition) is 1. The van der Waals surface area contributed by atoms with Crippen LogP contribution in [0.15, 0.2) is 42.6 Å². The van der Waals surface area contributed by atoms with E-state index in [0.717, 1.165) is 6.07 Å². The quantitative estimate of drug-likeness (QED) is 0.747. The number of phenolic OH excluding ortho intramolecular Hbond substituents is 1. The number of nitrogens with zero attached hydrogens (tertiary/aromatic N) is 1. The fourth-order valence-corrected chi connectivity index (χ4v) is 1.23. The molecule has 0 bridgehead atoms. The smallest absolute Gasteiger partial charge is 0.136 e. The molecule has 0 atom stereocenters. The van der Waals surface area contributed by atoms with Crippen LogP contribution in [-0.2, 0) is 0 Å². The van der Waals surface area contributed by atoms with Crippen molar-refractivity contribution in [2.75, 3.05) is 0 Å². The molecule has 0 radical (unpaired) electrons. The normalized spacial score (nSPS) is 10.1. The molecule has 0 saturated carbocycles. The summed E-state index contributed by atoms with van der Waals surface area (Å²) in [6.45, 7) is 0. The van der Waals surface area contributed by atoms with Crippen LogP contribution in [0.4, 0.5) is 4.39 Å². The van der Waals surface area contributed by atoms with Gasteiger partial charge in [-0.3, -0.25) is 4.98 Å². The minimum absolute atomic E-state index is 0.0813. The van der Waals surface area contributed by atoms with Gasteiger partial charge in [0.1, 0.15) is 11.6 Å². The van der Waals surface area contributed by atoms with Crippen molar-refractivity contribution < 1.29 is 9.50 Å². The van der Waals surface area contributed by atoms with Gasteiger partial charge >= 0.3 is 0 Å². The topological polar surface area (TPSA) is 33.1 Å². The fourth-order valence-electron chi connectivity index (χ4n) is 1.23. The zero-order valence-electron chi connectivity index (χ0n) is 7.31. The van der Waals surface area contributed by atoms with Crippen molar-refractivity contribution in [3.05, 3.63) is 48.4 Å². The number of hydrogen-bond acceptors (Lipinski definition) is 2. The zero-order chi connectivity index (χ0) is 9.97. The van der Waals surface area contributed by atoms with Crippen molar-refractivity contribution in [1.29, 1.82) is 0 Å². The predicted molar refractivity (Wildman–Crippen MR) is 51.3 cm³/mol. The Labute approximate surface area is 80.7 Å². The van der Waals surface area contributed by atoms with Crippen LogP contribution < -0.4 is 0 Å². The monoisotopic (exact) mass is 189 g/mol. The second-order valence-corrected chi connectivity index (χ2v) is 2.88. The second kappa shape index (κ2) is 3.46. The highest BCUT2D eigenvalue weighted by molar-refractivity contribution is 5.60. The molecule has 70 valence electrons. The van der Waals surface area contributed by atoms with Gasteiger partial charge in [-0.1, -0.05) is 6.07 Å². The van der Waals surface area contributed by atoms with E-state index in [1.165, 1.54) is 12.1 Å². The summed E-state index contributed by atoms with van der Waals surface area (Å²) in [5.41, 5.74) is 0.952. The summed E-state index contributed by atoms with van der Waals surface area (Å²) >= 11 is 0. The van der Waals surface area contributed by atoms with Crippen LogP contribution in [0.3, 0.4) is 0 Å². The maximum atomic E-state index is 13.3. The number of benzene rings is 1. The van der Waals surface area contributed by atoms with Crippen molar-refractivity contribution in [3.63, 3.8) is 0 Å². The van der Waals surface area contributed by atoms with E-state index in [9.17, 15) is 4.39 Å². The highest BCUT2D eigenvalue weighted by atomic mass is 19.1. The average Bonchev–Trinajstić information content (AvgIpc) is 2.19. The lowest BCUT2D eigenvalue weighted by molar-refractivity contribution is 0.469. The molecule has 14 heavy (non-hydrogen) atoms. The van der Waals surface area contributed by atoms with E-state index in [0.29, 0.717) is 11.3 Å². The van der Waals surface area contributed by atoms with Crippen LogP contribution in [0.1, 0.15) is 0 Å². The van der Waals surface area contributed by atoms with E-state index in [1.807, 2.05) is 0 Å². The minimum atomic E-state index is -0.469. The first kappa shape index (κ1) is 8.69. The number of aromatic nitrogens is 1. The van der Waals surface area contributed by atoms with Crippen molar-refractivity contribution in [2.24, 2.45) is 0 Å². The molecule has 0 saturated heterocycles. The molecular formula is C11H8FNO. The van der Waals surface area contributed by atoms with Crippen molar-refractivity contribution in [2.45, 2.75) is 0 Å². The molecule has 1 aromatic carbocycles. The summed E-state index contributed by atoms with van der Waals surface area (Å²) in [5, 5.41) is 9.02. The Morgan fingerprint density at radius 3 is 2.64 bits per heavy atom. The lowest BCUT2D eigenvalue weighted by atomic mass is 10.1. The molecule has 0 aliphatic heterocycles. The first-order valence-corrected chi connectivity index (χ1v) is 4.17. The number of phenols is 1. The molecule has 0 amide bonds. The molecule has 3 heteroatoms. The molecule has 1 N–H and O–H groups in total. The second-order valence-electron chi connectivity index (χ2n) is 2.88. The SMILES string of the molecule is Oc1ccc(-c2ccccn2)c(F)c1. The molecule has 2 aromatic rings. The van der Waals surface area contributed by atoms with Gasteiger partial charge in [-0.15, -0.1) is 0 Å². The summed E-state index contributed by atoms with van der Waals surface area (Å²) < 4.78 is 13.3. The summed E-state index contributed by atoms with van der Waals surface area (Å²) in [6, 6.07) is 9.29. The third-order valence-corrected chi connectivity index (χ3v) is 1.89. The van der Waals surface area contributed by atoms with Crippen LogP contribution in [0.5, 0.6) is 5.75 Å². The molecule has 0 aliphatic carbocycles. The van der Waals surface area contributed by atoms with Gasteiger partial charge in [0.2, 0.25) is 0 Å². The number of aromatic hydroxyl groups is 1. The fraction of sp³-hybridized carbons (Fsp3) is 0. The lowest BCUT2D eigenvalue weighted by Crippen LogP contribution is -1.86. The third-order valence-electron chi connectivity index (χ3n) is 1.89. The van der Waals surface area contributed by atoms with Gasteiger partial charge in [0.05, 0.1) is 5.69 Å². The molecule has 0 fully saturated rings. The minimum Gasteiger partial charge on any atom is -0.508 e. The van der Waals surface area contributed by atoms with Crippen molar-refractivity contribution >= 4 is 0 Å². The summed E-state index contributed by atoms with van der Waals surface area (Å²) in [4.78, 5) is 4.02. The predicted octanol–water partition coefficient (Wildman–Crippen LogP) is 2.59. The highest BCUT2D eigenvalue weighted by Gasteiger charge is 2.05. The summed E-state index contributed by atoms with van der Waals surface area (Å²) in [5.74, 6) is -0.550. The first-order valence-electron chi connectivity index (χ1n) is 4.17. The molecule has 2 nitrogen and oxygen atoms in total. The Morgan fingerprint density at radius 1 is 1.14 bits per heavy atom. The lowest BCUT2D eigenvalue weighted by Gasteiger charge is -2.01. The number of rotatable bonds is 1. The Kier molecular flexibility index (Phi) is 2.14. The van der Waals surface area contributed by atoms with E-state index < -0.39 is 5.82 Å². The van der Waals surface area contributed by atoms with Gasteiger partial charge in [0.25, 0.3) is 0 Å². The van der Waals surface area contributed by atoms with Gasteiger partial charge in [-0.25, -0.2) is 4.39 Å². The van der Waals surface area contributed by atoms with E-state index >= 15 is 0 Å². The largest absolute Gasteiger partial charge is 0.508 e. The van der Waals surface area contributed by atoms with Crippen molar-refractivity contribution in [3.8, 4) is 17.0 Å². The average molecular weight is 189 g/mol. The molecular weight excluding hydrogens is 181 g/mol. The van der Waals surface area contributed by atoms with Crippen LogP contribution in [0, 0.1) is 5.82 Å². The van der Waals surface area contributed by atoms with E-state index in [-0.39, 0.29) is 5.75 Å². The Bertz CT molecular complexity index is 442. The third kappa shape index (κ3) is 1.57. The van der Waals surface area contributed by atoms with Crippen LogP contribution in [0.2, 0.25) is 0 Å². The Morgan fingerprint density at radius 2 is 2.00 bits per heavy atom. The van der Waals surface area contributed by atoms with Crippen LogP contribution >= 0.6 is 0 Å².